The number of nitrogens with zero attached hydrogens (tertiary/aromatic N) is 3. The molecule has 0 spiro atoms. The van der Waals surface area contributed by atoms with Crippen LogP contribution in [-0.2, 0) is 6.54 Å². The maximum atomic E-state index is 9.36. The van der Waals surface area contributed by atoms with E-state index in [4.69, 9.17) is 0 Å². The number of aromatic nitrogens is 3. The van der Waals surface area contributed by atoms with Gasteiger partial charge in [-0.05, 0) is 25.0 Å². The van der Waals surface area contributed by atoms with Gasteiger partial charge in [0.15, 0.2) is 0 Å². The lowest BCUT2D eigenvalue weighted by molar-refractivity contribution is 0.241. The largest absolute Gasteiger partial charge is 0.396 e. The Kier molecular flexibility index (Phi) is 2.65. The molecule has 3 rings (SSSR count). The molecule has 0 aliphatic carbocycles. The smallest absolute Gasteiger partial charge is 0.141 e. The molecule has 3 heterocycles. The average molecular weight is 229 g/mol. The van der Waals surface area contributed by atoms with Gasteiger partial charge in [-0.25, -0.2) is 4.98 Å². The summed E-state index contributed by atoms with van der Waals surface area (Å²) in [6, 6.07) is 3.94. The lowest BCUT2D eigenvalue weighted by Crippen LogP contribution is -2.18. The third-order valence-electron chi connectivity index (χ3n) is 3.38. The Morgan fingerprint density at radius 3 is 3.12 bits per heavy atom. The molecule has 0 radical (unpaired) electrons. The molecule has 17 heavy (non-hydrogen) atoms. The summed E-state index contributed by atoms with van der Waals surface area (Å²) in [4.78, 5) is 8.60. The highest BCUT2D eigenvalue weighted by atomic mass is 16.3. The molecule has 2 aromatic rings. The fraction of sp³-hybridized carbons (Fsp3) is 0.385. The molecule has 4 nitrogen and oxygen atoms in total. The summed E-state index contributed by atoms with van der Waals surface area (Å²) >= 11 is 0. The van der Waals surface area contributed by atoms with Crippen molar-refractivity contribution in [3.8, 4) is 11.4 Å². The van der Waals surface area contributed by atoms with Crippen molar-refractivity contribution in [3.63, 3.8) is 0 Å². The van der Waals surface area contributed by atoms with E-state index in [2.05, 4.69) is 14.5 Å². The molecule has 1 atom stereocenters. The first-order chi connectivity index (χ1) is 8.40. The van der Waals surface area contributed by atoms with Gasteiger partial charge < -0.3 is 9.67 Å². The Balaban J connectivity index is 2.06. The van der Waals surface area contributed by atoms with E-state index < -0.39 is 0 Å². The van der Waals surface area contributed by atoms with Gasteiger partial charge in [0.05, 0.1) is 6.61 Å². The molecule has 0 amide bonds. The van der Waals surface area contributed by atoms with Gasteiger partial charge in [0.2, 0.25) is 0 Å². The van der Waals surface area contributed by atoms with Gasteiger partial charge in [0, 0.05) is 42.3 Å². The summed E-state index contributed by atoms with van der Waals surface area (Å²) in [5, 5.41) is 9.36. The standard InChI is InChI=1S/C13H15N3O/c17-9-11-4-2-6-16-12(11)8-15-13(16)10-3-1-5-14-7-10/h1,3,5,7-8,11,17H,2,4,6,9H2. The summed E-state index contributed by atoms with van der Waals surface area (Å²) in [5.41, 5.74) is 2.19. The first-order valence-electron chi connectivity index (χ1n) is 5.97. The minimum Gasteiger partial charge on any atom is -0.396 e. The molecular formula is C13H15N3O. The van der Waals surface area contributed by atoms with Crippen molar-refractivity contribution in [1.82, 2.24) is 14.5 Å². The van der Waals surface area contributed by atoms with Gasteiger partial charge in [0.1, 0.15) is 5.82 Å². The molecule has 0 aromatic carbocycles. The van der Waals surface area contributed by atoms with E-state index >= 15 is 0 Å². The number of rotatable bonds is 2. The van der Waals surface area contributed by atoms with Crippen molar-refractivity contribution in [2.75, 3.05) is 6.61 Å². The van der Waals surface area contributed by atoms with Crippen LogP contribution in [0.4, 0.5) is 0 Å². The summed E-state index contributed by atoms with van der Waals surface area (Å²) in [5.74, 6) is 1.20. The molecule has 88 valence electrons. The number of imidazole rings is 1. The quantitative estimate of drug-likeness (QED) is 0.854. The highest BCUT2D eigenvalue weighted by molar-refractivity contribution is 5.54. The van der Waals surface area contributed by atoms with Crippen molar-refractivity contribution < 1.29 is 5.11 Å². The van der Waals surface area contributed by atoms with Crippen molar-refractivity contribution in [1.29, 1.82) is 0 Å². The fourth-order valence-electron chi connectivity index (χ4n) is 2.50. The number of aliphatic hydroxyl groups excluding tert-OH is 1. The summed E-state index contributed by atoms with van der Waals surface area (Å²) in [6.45, 7) is 1.19. The average Bonchev–Trinajstić information content (AvgIpc) is 2.83. The predicted octanol–water partition coefficient (Wildman–Crippen LogP) is 1.81. The minimum atomic E-state index is 0.207. The van der Waals surface area contributed by atoms with Crippen molar-refractivity contribution >= 4 is 0 Å². The molecule has 0 saturated carbocycles. The monoisotopic (exact) mass is 229 g/mol. The Hall–Kier alpha value is -1.68. The van der Waals surface area contributed by atoms with Crippen LogP contribution in [0.5, 0.6) is 0 Å². The third kappa shape index (κ3) is 1.74. The molecular weight excluding hydrogens is 214 g/mol. The molecule has 1 unspecified atom stereocenters. The van der Waals surface area contributed by atoms with Crippen LogP contribution in [0.25, 0.3) is 11.4 Å². The molecule has 2 aromatic heterocycles. The zero-order valence-electron chi connectivity index (χ0n) is 9.58. The maximum Gasteiger partial charge on any atom is 0.141 e. The number of hydrogen-bond acceptors (Lipinski definition) is 3. The SMILES string of the molecule is OCC1CCCn2c1cnc2-c1cccnc1. The van der Waals surface area contributed by atoms with Crippen LogP contribution in [0, 0.1) is 0 Å². The highest BCUT2D eigenvalue weighted by Crippen LogP contribution is 2.30. The zero-order valence-corrected chi connectivity index (χ0v) is 9.58. The fourth-order valence-corrected chi connectivity index (χ4v) is 2.50. The molecule has 1 N–H and O–H groups in total. The van der Waals surface area contributed by atoms with E-state index in [1.54, 1.807) is 6.20 Å². The topological polar surface area (TPSA) is 50.9 Å². The van der Waals surface area contributed by atoms with E-state index in [-0.39, 0.29) is 12.5 Å². The number of hydrogen-bond donors (Lipinski definition) is 1. The van der Waals surface area contributed by atoms with Crippen LogP contribution in [0.15, 0.2) is 30.7 Å². The summed E-state index contributed by atoms with van der Waals surface area (Å²) in [7, 11) is 0. The number of aliphatic hydroxyl groups is 1. The lowest BCUT2D eigenvalue weighted by atomic mass is 9.97. The zero-order chi connectivity index (χ0) is 11.7. The third-order valence-corrected chi connectivity index (χ3v) is 3.38. The molecule has 0 bridgehead atoms. The molecule has 0 saturated heterocycles. The van der Waals surface area contributed by atoms with Gasteiger partial charge in [-0.2, -0.15) is 0 Å². The first-order valence-corrected chi connectivity index (χ1v) is 5.97. The first kappa shape index (κ1) is 10.5. The van der Waals surface area contributed by atoms with E-state index in [0.29, 0.717) is 0 Å². The molecule has 4 heteroatoms. The van der Waals surface area contributed by atoms with Crippen LogP contribution >= 0.6 is 0 Å². The van der Waals surface area contributed by atoms with Gasteiger partial charge in [0.25, 0.3) is 0 Å². The van der Waals surface area contributed by atoms with Crippen molar-refractivity contribution in [2.24, 2.45) is 0 Å². The van der Waals surface area contributed by atoms with E-state index in [1.807, 2.05) is 24.5 Å². The second-order valence-electron chi connectivity index (χ2n) is 4.42. The van der Waals surface area contributed by atoms with Crippen LogP contribution in [0.2, 0.25) is 0 Å². The van der Waals surface area contributed by atoms with Gasteiger partial charge in [-0.1, -0.05) is 0 Å². The maximum absolute atomic E-state index is 9.36. The van der Waals surface area contributed by atoms with Crippen molar-refractivity contribution in [3.05, 3.63) is 36.4 Å². The highest BCUT2D eigenvalue weighted by Gasteiger charge is 2.23. The van der Waals surface area contributed by atoms with Gasteiger partial charge >= 0.3 is 0 Å². The van der Waals surface area contributed by atoms with E-state index in [0.717, 1.165) is 36.5 Å². The Morgan fingerprint density at radius 1 is 1.41 bits per heavy atom. The van der Waals surface area contributed by atoms with Gasteiger partial charge in [-0.15, -0.1) is 0 Å². The Bertz CT molecular complexity index is 507. The molecule has 0 fully saturated rings. The second kappa shape index (κ2) is 4.30. The lowest BCUT2D eigenvalue weighted by Gasteiger charge is -2.23. The predicted molar refractivity (Wildman–Crippen MR) is 64.5 cm³/mol. The molecule has 1 aliphatic rings. The van der Waals surface area contributed by atoms with Gasteiger partial charge in [-0.3, -0.25) is 4.98 Å². The van der Waals surface area contributed by atoms with Crippen LogP contribution in [0.1, 0.15) is 24.5 Å². The van der Waals surface area contributed by atoms with E-state index in [9.17, 15) is 5.11 Å². The van der Waals surface area contributed by atoms with Crippen LogP contribution in [-0.4, -0.2) is 26.2 Å². The summed E-state index contributed by atoms with van der Waals surface area (Å²) < 4.78 is 2.21. The van der Waals surface area contributed by atoms with Crippen LogP contribution < -0.4 is 0 Å². The van der Waals surface area contributed by atoms with Crippen molar-refractivity contribution in [2.45, 2.75) is 25.3 Å². The van der Waals surface area contributed by atoms with E-state index in [1.165, 1.54) is 0 Å². The van der Waals surface area contributed by atoms with Crippen LogP contribution in [0.3, 0.4) is 0 Å². The normalized spacial score (nSPS) is 19.0. The second-order valence-corrected chi connectivity index (χ2v) is 4.42. The summed E-state index contributed by atoms with van der Waals surface area (Å²) in [6.07, 6.45) is 7.64. The number of fused-ring (bicyclic) bond motifs is 1. The number of pyridine rings is 1. The Morgan fingerprint density at radius 2 is 2.35 bits per heavy atom. The molecule has 1 aliphatic heterocycles. The minimum absolute atomic E-state index is 0.207. The Labute approximate surface area is 100.0 Å².